The van der Waals surface area contributed by atoms with Crippen molar-refractivity contribution in [2.45, 2.75) is 32.0 Å². The molecule has 0 saturated carbocycles. The maximum absolute atomic E-state index is 13.0. The van der Waals surface area contributed by atoms with Gasteiger partial charge in [-0.15, -0.1) is 0 Å². The second-order valence-corrected chi connectivity index (χ2v) is 10.4. The van der Waals surface area contributed by atoms with Gasteiger partial charge in [-0.1, -0.05) is 66.7 Å². The van der Waals surface area contributed by atoms with Crippen molar-refractivity contribution in [2.75, 3.05) is 36.0 Å². The van der Waals surface area contributed by atoms with E-state index in [2.05, 4.69) is 68.3 Å². The molecule has 1 saturated heterocycles. The normalized spacial score (nSPS) is 16.9. The van der Waals surface area contributed by atoms with E-state index in [1.54, 1.807) is 4.90 Å². The number of hydrogen-bond donors (Lipinski definition) is 0. The van der Waals surface area contributed by atoms with Crippen LogP contribution in [0.2, 0.25) is 5.28 Å². The molecular formula is C31H29ClN6O2. The lowest BCUT2D eigenvalue weighted by Crippen LogP contribution is -2.55. The number of nitrogens with zero attached hydrogens (tertiary/aromatic N) is 6. The molecule has 202 valence electrons. The van der Waals surface area contributed by atoms with Gasteiger partial charge < -0.3 is 19.4 Å². The Morgan fingerprint density at radius 1 is 0.975 bits per heavy atom. The molecule has 4 aromatic rings. The molecule has 3 aromatic carbocycles. The molecule has 2 aliphatic heterocycles. The van der Waals surface area contributed by atoms with E-state index in [9.17, 15) is 10.1 Å². The van der Waals surface area contributed by atoms with Crippen LogP contribution in [0.5, 0.6) is 0 Å². The van der Waals surface area contributed by atoms with E-state index in [0.717, 1.165) is 35.6 Å². The lowest BCUT2D eigenvalue weighted by Gasteiger charge is -2.41. The molecule has 6 rings (SSSR count). The molecule has 9 heteroatoms. The van der Waals surface area contributed by atoms with Crippen LogP contribution in [0.3, 0.4) is 0 Å². The highest BCUT2D eigenvalue weighted by atomic mass is 35.5. The molecule has 0 radical (unpaired) electrons. The zero-order valence-corrected chi connectivity index (χ0v) is 22.8. The number of aromatic nitrogens is 2. The number of fused-ring (bicyclic) bond motifs is 2. The van der Waals surface area contributed by atoms with Gasteiger partial charge in [-0.2, -0.15) is 5.26 Å². The summed E-state index contributed by atoms with van der Waals surface area (Å²) in [4.78, 5) is 28.4. The number of hydrogen-bond acceptors (Lipinski definition) is 7. The predicted molar refractivity (Wildman–Crippen MR) is 155 cm³/mol. The van der Waals surface area contributed by atoms with Crippen molar-refractivity contribution in [1.29, 1.82) is 5.26 Å². The number of ether oxygens (including phenoxy) is 1. The van der Waals surface area contributed by atoms with Crippen molar-refractivity contribution in [3.8, 4) is 6.07 Å². The van der Waals surface area contributed by atoms with Crippen LogP contribution in [0.1, 0.15) is 23.2 Å². The minimum Gasteiger partial charge on any atom is -0.445 e. The van der Waals surface area contributed by atoms with E-state index < -0.39 is 6.09 Å². The van der Waals surface area contributed by atoms with E-state index in [1.807, 2.05) is 30.3 Å². The topological polar surface area (TPSA) is 85.6 Å². The first-order chi connectivity index (χ1) is 19.6. The van der Waals surface area contributed by atoms with Gasteiger partial charge in [0, 0.05) is 42.8 Å². The fourth-order valence-electron chi connectivity index (χ4n) is 5.70. The van der Waals surface area contributed by atoms with Crippen molar-refractivity contribution in [1.82, 2.24) is 14.9 Å². The van der Waals surface area contributed by atoms with E-state index in [1.165, 1.54) is 16.5 Å². The molecule has 0 spiro atoms. The number of rotatable bonds is 5. The van der Waals surface area contributed by atoms with E-state index in [0.29, 0.717) is 26.2 Å². The highest BCUT2D eigenvalue weighted by molar-refractivity contribution is 6.28. The van der Waals surface area contributed by atoms with Gasteiger partial charge in [0.05, 0.1) is 30.8 Å². The van der Waals surface area contributed by atoms with Crippen LogP contribution in [0.15, 0.2) is 72.8 Å². The van der Waals surface area contributed by atoms with Crippen LogP contribution in [0, 0.1) is 11.3 Å². The molecule has 0 aliphatic carbocycles. The fourth-order valence-corrected chi connectivity index (χ4v) is 5.88. The van der Waals surface area contributed by atoms with Crippen molar-refractivity contribution >= 4 is 40.0 Å². The predicted octanol–water partition coefficient (Wildman–Crippen LogP) is 5.59. The number of amides is 1. The van der Waals surface area contributed by atoms with Crippen molar-refractivity contribution in [3.63, 3.8) is 0 Å². The minimum atomic E-state index is -0.405. The van der Waals surface area contributed by atoms with Gasteiger partial charge in [0.1, 0.15) is 12.4 Å². The number of carbonyl (C=O) groups excluding carboxylic acids is 1. The van der Waals surface area contributed by atoms with Gasteiger partial charge in [0.2, 0.25) is 5.28 Å². The van der Waals surface area contributed by atoms with E-state index in [-0.39, 0.29) is 24.4 Å². The molecule has 0 N–H and O–H groups in total. The van der Waals surface area contributed by atoms with Crippen LogP contribution >= 0.6 is 11.6 Å². The fraction of sp³-hybridized carbons (Fsp3) is 0.290. The van der Waals surface area contributed by atoms with Crippen molar-refractivity contribution < 1.29 is 9.53 Å². The minimum absolute atomic E-state index is 0.196. The number of piperazine rings is 1. The van der Waals surface area contributed by atoms with Crippen LogP contribution < -0.4 is 9.80 Å². The SMILES string of the molecule is N#CCC1CN(c2nc(Cl)nc3c2CCN(c2cccc4ccccc24)C3)CCN1C(=O)OCc1ccccc1. The van der Waals surface area contributed by atoms with E-state index >= 15 is 0 Å². The molecule has 1 atom stereocenters. The maximum Gasteiger partial charge on any atom is 0.410 e. The van der Waals surface area contributed by atoms with Gasteiger partial charge in [0.25, 0.3) is 0 Å². The Hall–Kier alpha value is -4.35. The average Bonchev–Trinajstić information content (AvgIpc) is 2.99. The molecule has 1 amide bonds. The first kappa shape index (κ1) is 25.9. The summed E-state index contributed by atoms with van der Waals surface area (Å²) in [7, 11) is 0. The largest absolute Gasteiger partial charge is 0.445 e. The Kier molecular flexibility index (Phi) is 7.39. The molecule has 40 heavy (non-hydrogen) atoms. The van der Waals surface area contributed by atoms with E-state index in [4.69, 9.17) is 16.3 Å². The smallest absolute Gasteiger partial charge is 0.410 e. The summed E-state index contributed by atoms with van der Waals surface area (Å²) in [5, 5.41) is 12.2. The Labute approximate surface area is 238 Å². The lowest BCUT2D eigenvalue weighted by molar-refractivity contribution is 0.0768. The molecule has 3 heterocycles. The maximum atomic E-state index is 13.0. The molecule has 1 fully saturated rings. The van der Waals surface area contributed by atoms with Gasteiger partial charge in [-0.25, -0.2) is 14.8 Å². The Morgan fingerprint density at radius 2 is 1.77 bits per heavy atom. The summed E-state index contributed by atoms with van der Waals surface area (Å²) in [5.74, 6) is 0.799. The standard InChI is InChI=1S/C31H29ClN6O2/c32-30-34-27-20-36(28-12-6-10-23-9-4-5-11-25(23)28)16-14-26(27)29(35-30)37-17-18-38(24(19-37)13-15-33)31(39)40-21-22-7-2-1-3-8-22/h1-12,24H,13-14,16-21H2. The van der Waals surface area contributed by atoms with Crippen molar-refractivity contribution in [2.24, 2.45) is 0 Å². The first-order valence-corrected chi connectivity index (χ1v) is 13.9. The van der Waals surface area contributed by atoms with Crippen LogP contribution in [-0.4, -0.2) is 53.2 Å². The first-order valence-electron chi connectivity index (χ1n) is 13.5. The second kappa shape index (κ2) is 11.4. The summed E-state index contributed by atoms with van der Waals surface area (Å²) in [6.07, 6.45) is 0.567. The number of anilines is 2. The number of halogens is 1. The van der Waals surface area contributed by atoms with Gasteiger partial charge in [-0.3, -0.25) is 0 Å². The van der Waals surface area contributed by atoms with Crippen LogP contribution in [-0.2, 0) is 24.3 Å². The Balaban J connectivity index is 1.20. The zero-order chi connectivity index (χ0) is 27.5. The summed E-state index contributed by atoms with van der Waals surface area (Å²) in [6, 6.07) is 26.3. The van der Waals surface area contributed by atoms with Crippen molar-refractivity contribution in [3.05, 3.63) is 94.9 Å². The third-order valence-corrected chi connectivity index (χ3v) is 7.84. The zero-order valence-electron chi connectivity index (χ0n) is 22.0. The lowest BCUT2D eigenvalue weighted by atomic mass is 10.0. The molecule has 1 unspecified atom stereocenters. The van der Waals surface area contributed by atoms with Gasteiger partial charge >= 0.3 is 6.09 Å². The Morgan fingerprint density at radius 3 is 2.62 bits per heavy atom. The number of carbonyl (C=O) groups is 1. The number of benzene rings is 3. The average molecular weight is 553 g/mol. The summed E-state index contributed by atoms with van der Waals surface area (Å²) in [6.45, 7) is 3.12. The van der Waals surface area contributed by atoms with Gasteiger partial charge in [-0.05, 0) is 35.0 Å². The third-order valence-electron chi connectivity index (χ3n) is 7.67. The second-order valence-electron chi connectivity index (χ2n) is 10.1. The molecule has 0 bridgehead atoms. The van der Waals surface area contributed by atoms with Gasteiger partial charge in [0.15, 0.2) is 0 Å². The highest BCUT2D eigenvalue weighted by Crippen LogP contribution is 2.34. The summed E-state index contributed by atoms with van der Waals surface area (Å²) < 4.78 is 5.59. The molecule has 1 aromatic heterocycles. The summed E-state index contributed by atoms with van der Waals surface area (Å²) >= 11 is 6.46. The molecular weight excluding hydrogens is 524 g/mol. The van der Waals surface area contributed by atoms with Crippen LogP contribution in [0.4, 0.5) is 16.3 Å². The summed E-state index contributed by atoms with van der Waals surface area (Å²) in [5.41, 5.74) is 4.09. The molecule has 2 aliphatic rings. The monoisotopic (exact) mass is 552 g/mol. The van der Waals surface area contributed by atoms with Crippen LogP contribution in [0.25, 0.3) is 10.8 Å². The third kappa shape index (κ3) is 5.25. The number of nitriles is 1. The quantitative estimate of drug-likeness (QED) is 0.298. The molecule has 8 nitrogen and oxygen atoms in total. The Bertz CT molecular complexity index is 1570. The highest BCUT2D eigenvalue weighted by Gasteiger charge is 2.34.